The third-order valence-electron chi connectivity index (χ3n) is 4.27. The maximum Gasteiger partial charge on any atom is 0.323 e. The van der Waals surface area contributed by atoms with Crippen LogP contribution in [0.5, 0.6) is 5.75 Å². The van der Waals surface area contributed by atoms with Gasteiger partial charge in [0.05, 0.1) is 19.4 Å². The molecule has 122 valence electrons. The van der Waals surface area contributed by atoms with Gasteiger partial charge in [-0.2, -0.15) is 0 Å². The molecule has 2 heterocycles. The van der Waals surface area contributed by atoms with Crippen LogP contribution in [0, 0.1) is 13.8 Å². The van der Waals surface area contributed by atoms with Crippen molar-refractivity contribution in [3.63, 3.8) is 0 Å². The van der Waals surface area contributed by atoms with Crippen molar-refractivity contribution in [2.24, 2.45) is 0 Å². The highest BCUT2D eigenvalue weighted by Crippen LogP contribution is 2.27. The third kappa shape index (κ3) is 3.58. The number of carbonyl (C=O) groups is 1. The van der Waals surface area contributed by atoms with E-state index in [1.807, 2.05) is 27.0 Å². The van der Waals surface area contributed by atoms with E-state index in [9.17, 15) is 4.79 Å². The Bertz CT molecular complexity index is 531. The van der Waals surface area contributed by atoms with Crippen LogP contribution in [0.25, 0.3) is 0 Å². The van der Waals surface area contributed by atoms with Gasteiger partial charge in [-0.05, 0) is 40.2 Å². The summed E-state index contributed by atoms with van der Waals surface area (Å²) in [5.74, 6) is 0.772. The van der Waals surface area contributed by atoms with Crippen molar-refractivity contribution in [1.82, 2.24) is 9.88 Å². The number of nitrogens with zero attached hydrogens (tertiary/aromatic N) is 2. The molecule has 0 bridgehead atoms. The maximum atomic E-state index is 12.2. The average molecular weight is 306 g/mol. The minimum Gasteiger partial charge on any atom is -0.496 e. The fourth-order valence-electron chi connectivity index (χ4n) is 3.11. The van der Waals surface area contributed by atoms with E-state index in [0.29, 0.717) is 13.2 Å². The SMILES string of the molecule is CCOC(=O)C1CCCCN1Cc1ncc(C)c(OC)c1C. The Morgan fingerprint density at radius 3 is 2.86 bits per heavy atom. The lowest BCUT2D eigenvalue weighted by Gasteiger charge is -2.34. The third-order valence-corrected chi connectivity index (χ3v) is 4.27. The molecule has 1 aliphatic rings. The van der Waals surface area contributed by atoms with Crippen LogP contribution in [0.1, 0.15) is 43.0 Å². The molecule has 1 aromatic rings. The van der Waals surface area contributed by atoms with E-state index in [1.54, 1.807) is 7.11 Å². The van der Waals surface area contributed by atoms with Crippen molar-refractivity contribution >= 4 is 5.97 Å². The summed E-state index contributed by atoms with van der Waals surface area (Å²) in [5, 5.41) is 0. The molecule has 1 atom stereocenters. The number of pyridine rings is 1. The number of hydrogen-bond donors (Lipinski definition) is 0. The summed E-state index contributed by atoms with van der Waals surface area (Å²) < 4.78 is 10.7. The van der Waals surface area contributed by atoms with Crippen LogP contribution in [0.4, 0.5) is 0 Å². The van der Waals surface area contributed by atoms with Gasteiger partial charge in [-0.15, -0.1) is 0 Å². The zero-order valence-corrected chi connectivity index (χ0v) is 14.0. The number of esters is 1. The topological polar surface area (TPSA) is 51.7 Å². The van der Waals surface area contributed by atoms with Crippen molar-refractivity contribution < 1.29 is 14.3 Å². The normalized spacial score (nSPS) is 19.0. The molecule has 5 heteroatoms. The first-order valence-electron chi connectivity index (χ1n) is 7.98. The highest BCUT2D eigenvalue weighted by molar-refractivity contribution is 5.75. The van der Waals surface area contributed by atoms with Gasteiger partial charge in [-0.3, -0.25) is 14.7 Å². The molecule has 0 aromatic carbocycles. The van der Waals surface area contributed by atoms with E-state index in [4.69, 9.17) is 9.47 Å². The van der Waals surface area contributed by atoms with Gasteiger partial charge in [-0.1, -0.05) is 6.42 Å². The summed E-state index contributed by atoms with van der Waals surface area (Å²) in [6.07, 6.45) is 4.88. The summed E-state index contributed by atoms with van der Waals surface area (Å²) in [5.41, 5.74) is 3.05. The molecule has 5 nitrogen and oxygen atoms in total. The van der Waals surface area contributed by atoms with Crippen molar-refractivity contribution in [2.75, 3.05) is 20.3 Å². The van der Waals surface area contributed by atoms with Gasteiger partial charge in [0.1, 0.15) is 11.8 Å². The van der Waals surface area contributed by atoms with Gasteiger partial charge in [0.25, 0.3) is 0 Å². The van der Waals surface area contributed by atoms with Gasteiger partial charge >= 0.3 is 5.97 Å². The zero-order chi connectivity index (χ0) is 16.1. The second-order valence-corrected chi connectivity index (χ2v) is 5.78. The molecule has 0 amide bonds. The number of aryl methyl sites for hydroxylation is 1. The minimum atomic E-state index is -0.151. The molecule has 1 aliphatic heterocycles. The predicted molar refractivity (Wildman–Crippen MR) is 84.9 cm³/mol. The Balaban J connectivity index is 2.18. The number of likely N-dealkylation sites (tertiary alicyclic amines) is 1. The Kier molecular flexibility index (Phi) is 5.77. The first-order valence-corrected chi connectivity index (χ1v) is 7.98. The summed E-state index contributed by atoms with van der Waals surface area (Å²) in [6, 6.07) is -0.151. The molecule has 1 fully saturated rings. The predicted octanol–water partition coefficient (Wildman–Crippen LogP) is 2.62. The maximum absolute atomic E-state index is 12.2. The quantitative estimate of drug-likeness (QED) is 0.783. The van der Waals surface area contributed by atoms with Gasteiger partial charge in [0, 0.05) is 23.9 Å². The monoisotopic (exact) mass is 306 g/mol. The van der Waals surface area contributed by atoms with Crippen molar-refractivity contribution in [1.29, 1.82) is 0 Å². The number of piperidine rings is 1. The molecule has 22 heavy (non-hydrogen) atoms. The van der Waals surface area contributed by atoms with E-state index in [0.717, 1.165) is 48.4 Å². The molecule has 0 spiro atoms. The van der Waals surface area contributed by atoms with Crippen LogP contribution < -0.4 is 4.74 Å². The lowest BCUT2D eigenvalue weighted by atomic mass is 10.0. The number of methoxy groups -OCH3 is 1. The standard InChI is InChI=1S/C17H26N2O3/c1-5-22-17(20)15-8-6-7-9-19(15)11-14-13(3)16(21-4)12(2)10-18-14/h10,15H,5-9,11H2,1-4H3. The van der Waals surface area contributed by atoms with E-state index in [1.165, 1.54) is 0 Å². The van der Waals surface area contributed by atoms with Gasteiger partial charge in [0.2, 0.25) is 0 Å². The fourth-order valence-corrected chi connectivity index (χ4v) is 3.11. The van der Waals surface area contributed by atoms with Crippen LogP contribution in [-0.4, -0.2) is 42.2 Å². The molecule has 1 aromatic heterocycles. The highest BCUT2D eigenvalue weighted by atomic mass is 16.5. The smallest absolute Gasteiger partial charge is 0.323 e. The summed E-state index contributed by atoms with van der Waals surface area (Å²) in [6.45, 7) is 7.86. The van der Waals surface area contributed by atoms with E-state index >= 15 is 0 Å². The van der Waals surface area contributed by atoms with E-state index in [2.05, 4.69) is 9.88 Å². The van der Waals surface area contributed by atoms with E-state index < -0.39 is 0 Å². The van der Waals surface area contributed by atoms with Crippen molar-refractivity contribution in [2.45, 2.75) is 52.6 Å². The number of aromatic nitrogens is 1. The van der Waals surface area contributed by atoms with Crippen LogP contribution in [0.3, 0.4) is 0 Å². The molecule has 1 unspecified atom stereocenters. The summed E-state index contributed by atoms with van der Waals surface area (Å²) in [7, 11) is 1.68. The molecular weight excluding hydrogens is 280 g/mol. The van der Waals surface area contributed by atoms with Crippen LogP contribution in [0.15, 0.2) is 6.20 Å². The summed E-state index contributed by atoms with van der Waals surface area (Å²) >= 11 is 0. The molecule has 2 rings (SSSR count). The largest absolute Gasteiger partial charge is 0.496 e. The Morgan fingerprint density at radius 1 is 1.41 bits per heavy atom. The number of ether oxygens (including phenoxy) is 2. The van der Waals surface area contributed by atoms with Gasteiger partial charge < -0.3 is 9.47 Å². The molecule has 0 N–H and O–H groups in total. The number of rotatable bonds is 5. The van der Waals surface area contributed by atoms with Crippen LogP contribution in [0.2, 0.25) is 0 Å². The first-order chi connectivity index (χ1) is 10.6. The Labute approximate surface area is 132 Å². The second-order valence-electron chi connectivity index (χ2n) is 5.78. The first kappa shape index (κ1) is 16.7. The lowest BCUT2D eigenvalue weighted by molar-refractivity contribution is -0.151. The van der Waals surface area contributed by atoms with Crippen LogP contribution in [-0.2, 0) is 16.1 Å². The van der Waals surface area contributed by atoms with Crippen LogP contribution >= 0.6 is 0 Å². The Morgan fingerprint density at radius 2 is 2.18 bits per heavy atom. The second kappa shape index (κ2) is 7.58. The van der Waals surface area contributed by atoms with Gasteiger partial charge in [-0.25, -0.2) is 0 Å². The molecular formula is C17H26N2O3. The number of hydrogen-bond acceptors (Lipinski definition) is 5. The molecule has 0 aliphatic carbocycles. The minimum absolute atomic E-state index is 0.112. The van der Waals surface area contributed by atoms with Crippen molar-refractivity contribution in [3.8, 4) is 5.75 Å². The Hall–Kier alpha value is -1.62. The highest BCUT2D eigenvalue weighted by Gasteiger charge is 2.30. The fraction of sp³-hybridized carbons (Fsp3) is 0.647. The van der Waals surface area contributed by atoms with Gasteiger partial charge in [0.15, 0.2) is 0 Å². The number of carbonyl (C=O) groups excluding carboxylic acids is 1. The zero-order valence-electron chi connectivity index (χ0n) is 14.0. The average Bonchev–Trinajstić information content (AvgIpc) is 2.51. The summed E-state index contributed by atoms with van der Waals surface area (Å²) in [4.78, 5) is 18.9. The molecule has 1 saturated heterocycles. The van der Waals surface area contributed by atoms with Crippen molar-refractivity contribution in [3.05, 3.63) is 23.0 Å². The van der Waals surface area contributed by atoms with E-state index in [-0.39, 0.29) is 12.0 Å². The molecule has 0 radical (unpaired) electrons. The lowest BCUT2D eigenvalue weighted by Crippen LogP contribution is -2.45. The molecule has 0 saturated carbocycles.